The minimum atomic E-state index is 0. The van der Waals surface area contributed by atoms with Crippen molar-refractivity contribution in [1.29, 1.82) is 0 Å². The largest absolute Gasteiger partial charge is 0.492 e. The molecule has 0 aliphatic carbocycles. The van der Waals surface area contributed by atoms with E-state index in [-0.39, 0.29) is 29.4 Å². The van der Waals surface area contributed by atoms with Crippen LogP contribution in [-0.2, 0) is 5.41 Å². The Morgan fingerprint density at radius 2 is 1.50 bits per heavy atom. The Bertz CT molecular complexity index is 452. The predicted octanol–water partition coefficient (Wildman–Crippen LogP) is 3.46. The number of halogens is 1. The van der Waals surface area contributed by atoms with Gasteiger partial charge in [0.2, 0.25) is 0 Å². The van der Waals surface area contributed by atoms with Crippen molar-refractivity contribution < 1.29 is 4.74 Å². The van der Waals surface area contributed by atoms with Crippen molar-refractivity contribution in [2.75, 3.05) is 41.3 Å². The predicted molar refractivity (Wildman–Crippen MR) is 106 cm³/mol. The van der Waals surface area contributed by atoms with E-state index in [4.69, 9.17) is 4.74 Å². The number of nitrogens with zero attached hydrogens (tertiary/aromatic N) is 3. The lowest BCUT2D eigenvalue weighted by atomic mass is 9.87. The first-order valence-electron chi connectivity index (χ1n) is 7.34. The van der Waals surface area contributed by atoms with E-state index >= 15 is 0 Å². The fourth-order valence-corrected chi connectivity index (χ4v) is 2.04. The molecular formula is C17H30IN3O. The molecule has 0 aliphatic rings. The minimum absolute atomic E-state index is 0. The molecule has 0 saturated heterocycles. The molecule has 5 heteroatoms. The van der Waals surface area contributed by atoms with Crippen LogP contribution in [0.4, 0.5) is 0 Å². The molecule has 0 atom stereocenters. The Hall–Kier alpha value is -0.980. The van der Waals surface area contributed by atoms with Crippen LogP contribution in [0.15, 0.2) is 29.3 Å². The molecule has 0 aliphatic heterocycles. The lowest BCUT2D eigenvalue weighted by molar-refractivity contribution is 0.326. The van der Waals surface area contributed by atoms with E-state index in [1.807, 2.05) is 50.1 Å². The quantitative estimate of drug-likeness (QED) is 0.324. The van der Waals surface area contributed by atoms with Crippen LogP contribution in [0.5, 0.6) is 5.75 Å². The summed E-state index contributed by atoms with van der Waals surface area (Å²) in [6, 6.07) is 8.32. The van der Waals surface area contributed by atoms with Gasteiger partial charge >= 0.3 is 0 Å². The van der Waals surface area contributed by atoms with Gasteiger partial charge in [-0.25, -0.2) is 4.99 Å². The number of guanidine groups is 1. The molecule has 4 nitrogen and oxygen atoms in total. The van der Waals surface area contributed by atoms with Crippen LogP contribution in [0, 0.1) is 0 Å². The first-order chi connectivity index (χ1) is 9.71. The van der Waals surface area contributed by atoms with Crippen molar-refractivity contribution in [3.05, 3.63) is 29.8 Å². The highest BCUT2D eigenvalue weighted by atomic mass is 127. The Morgan fingerprint density at radius 3 is 1.91 bits per heavy atom. The van der Waals surface area contributed by atoms with E-state index in [0.29, 0.717) is 13.2 Å². The molecule has 0 bridgehead atoms. The molecule has 126 valence electrons. The molecule has 0 heterocycles. The summed E-state index contributed by atoms with van der Waals surface area (Å²) < 4.78 is 5.74. The third-order valence-corrected chi connectivity index (χ3v) is 3.13. The molecule has 0 spiro atoms. The number of hydrogen-bond donors (Lipinski definition) is 0. The average Bonchev–Trinajstić information content (AvgIpc) is 2.37. The topological polar surface area (TPSA) is 28.1 Å². The summed E-state index contributed by atoms with van der Waals surface area (Å²) in [5.74, 6) is 1.84. The molecule has 1 aromatic carbocycles. The number of hydrogen-bond acceptors (Lipinski definition) is 2. The number of benzene rings is 1. The van der Waals surface area contributed by atoms with Crippen molar-refractivity contribution in [2.24, 2.45) is 4.99 Å². The number of aliphatic imine (C=N–C) groups is 1. The van der Waals surface area contributed by atoms with E-state index in [2.05, 4.69) is 37.9 Å². The SMILES string of the molecule is CN(C)C(=NCCOc1ccc(C(C)(C)C)cc1)N(C)C.I. The molecule has 0 saturated carbocycles. The van der Waals surface area contributed by atoms with Crippen LogP contribution in [0.3, 0.4) is 0 Å². The second-order valence-electron chi connectivity index (χ2n) is 6.59. The highest BCUT2D eigenvalue weighted by molar-refractivity contribution is 14.0. The fourth-order valence-electron chi connectivity index (χ4n) is 2.04. The third kappa shape index (κ3) is 6.85. The Morgan fingerprint density at radius 1 is 1.00 bits per heavy atom. The maximum absolute atomic E-state index is 5.74. The summed E-state index contributed by atoms with van der Waals surface area (Å²) in [7, 11) is 7.96. The second kappa shape index (κ2) is 9.22. The summed E-state index contributed by atoms with van der Waals surface area (Å²) in [5.41, 5.74) is 1.49. The van der Waals surface area contributed by atoms with Crippen molar-refractivity contribution >= 4 is 29.9 Å². The first-order valence-corrected chi connectivity index (χ1v) is 7.34. The Labute approximate surface area is 152 Å². The summed E-state index contributed by atoms with van der Waals surface area (Å²) in [6.45, 7) is 7.86. The van der Waals surface area contributed by atoms with E-state index in [0.717, 1.165) is 11.7 Å². The second-order valence-corrected chi connectivity index (χ2v) is 6.59. The first kappa shape index (κ1) is 21.0. The van der Waals surface area contributed by atoms with Gasteiger partial charge in [-0.2, -0.15) is 0 Å². The highest BCUT2D eigenvalue weighted by Gasteiger charge is 2.12. The number of rotatable bonds is 4. The summed E-state index contributed by atoms with van der Waals surface area (Å²) in [5, 5.41) is 0. The van der Waals surface area contributed by atoms with Gasteiger partial charge in [-0.3, -0.25) is 0 Å². The monoisotopic (exact) mass is 419 g/mol. The fraction of sp³-hybridized carbons (Fsp3) is 0.588. The van der Waals surface area contributed by atoms with Crippen molar-refractivity contribution in [1.82, 2.24) is 9.80 Å². The van der Waals surface area contributed by atoms with Gasteiger partial charge in [-0.1, -0.05) is 32.9 Å². The maximum atomic E-state index is 5.74. The normalized spacial score (nSPS) is 10.5. The lowest BCUT2D eigenvalue weighted by Crippen LogP contribution is -2.35. The molecule has 1 aromatic rings. The van der Waals surface area contributed by atoms with Crippen LogP contribution < -0.4 is 4.74 Å². The van der Waals surface area contributed by atoms with Crippen LogP contribution in [0.25, 0.3) is 0 Å². The zero-order valence-electron chi connectivity index (χ0n) is 14.9. The van der Waals surface area contributed by atoms with Crippen LogP contribution in [-0.4, -0.2) is 57.1 Å². The van der Waals surface area contributed by atoms with E-state index < -0.39 is 0 Å². The van der Waals surface area contributed by atoms with Gasteiger partial charge in [0.15, 0.2) is 5.96 Å². The summed E-state index contributed by atoms with van der Waals surface area (Å²) in [6.07, 6.45) is 0. The molecule has 0 radical (unpaired) electrons. The van der Waals surface area contributed by atoms with E-state index in [1.165, 1.54) is 5.56 Å². The lowest BCUT2D eigenvalue weighted by Gasteiger charge is -2.22. The molecule has 0 unspecified atom stereocenters. The van der Waals surface area contributed by atoms with Crippen molar-refractivity contribution in [3.63, 3.8) is 0 Å². The van der Waals surface area contributed by atoms with Gasteiger partial charge in [0.1, 0.15) is 12.4 Å². The van der Waals surface area contributed by atoms with Gasteiger partial charge < -0.3 is 14.5 Å². The Balaban J connectivity index is 0.00000441. The minimum Gasteiger partial charge on any atom is -0.492 e. The molecule has 1 rings (SSSR count). The molecule has 22 heavy (non-hydrogen) atoms. The third-order valence-electron chi connectivity index (χ3n) is 3.13. The average molecular weight is 419 g/mol. The molecule has 0 aromatic heterocycles. The van der Waals surface area contributed by atoms with Gasteiger partial charge in [0, 0.05) is 28.2 Å². The van der Waals surface area contributed by atoms with Crippen molar-refractivity contribution in [3.8, 4) is 5.75 Å². The number of ether oxygens (including phenoxy) is 1. The van der Waals surface area contributed by atoms with E-state index in [1.54, 1.807) is 0 Å². The Kier molecular flexibility index (Phi) is 8.81. The van der Waals surface area contributed by atoms with Gasteiger partial charge in [0.05, 0.1) is 6.54 Å². The summed E-state index contributed by atoms with van der Waals surface area (Å²) in [4.78, 5) is 8.53. The van der Waals surface area contributed by atoms with Crippen LogP contribution >= 0.6 is 24.0 Å². The van der Waals surface area contributed by atoms with Crippen molar-refractivity contribution in [2.45, 2.75) is 26.2 Å². The molecule has 0 amide bonds. The van der Waals surface area contributed by atoms with Gasteiger partial charge in [-0.15, -0.1) is 24.0 Å². The highest BCUT2D eigenvalue weighted by Crippen LogP contribution is 2.24. The zero-order valence-corrected chi connectivity index (χ0v) is 17.2. The maximum Gasteiger partial charge on any atom is 0.195 e. The van der Waals surface area contributed by atoms with Gasteiger partial charge in [-0.05, 0) is 23.1 Å². The van der Waals surface area contributed by atoms with Crippen LogP contribution in [0.1, 0.15) is 26.3 Å². The molecular weight excluding hydrogens is 389 g/mol. The summed E-state index contributed by atoms with van der Waals surface area (Å²) >= 11 is 0. The van der Waals surface area contributed by atoms with E-state index in [9.17, 15) is 0 Å². The molecule has 0 N–H and O–H groups in total. The smallest absolute Gasteiger partial charge is 0.195 e. The zero-order chi connectivity index (χ0) is 16.0. The van der Waals surface area contributed by atoms with Gasteiger partial charge in [0.25, 0.3) is 0 Å². The van der Waals surface area contributed by atoms with Crippen LogP contribution in [0.2, 0.25) is 0 Å². The standard InChI is InChI=1S/C17H29N3O.HI/c1-17(2,3)14-8-10-15(11-9-14)21-13-12-18-16(19(4)5)20(6)7;/h8-11H,12-13H2,1-7H3;1H. The molecule has 0 fully saturated rings.